The number of aliphatic carboxylic acids is 1. The molecule has 2 aromatic rings. The highest BCUT2D eigenvalue weighted by atomic mass is 32.2. The van der Waals surface area contributed by atoms with Crippen molar-refractivity contribution >= 4 is 21.8 Å². The number of carboxylic acid groups (broad SMARTS) is 1. The van der Waals surface area contributed by atoms with Gasteiger partial charge < -0.3 is 19.5 Å². The van der Waals surface area contributed by atoms with Crippen molar-refractivity contribution in [2.45, 2.75) is 134 Å². The lowest BCUT2D eigenvalue weighted by Gasteiger charge is -2.42. The van der Waals surface area contributed by atoms with Gasteiger partial charge in [-0.1, -0.05) is 97.4 Å². The zero-order chi connectivity index (χ0) is 35.8. The van der Waals surface area contributed by atoms with E-state index in [-0.39, 0.29) is 23.5 Å². The molecule has 0 fully saturated rings. The Labute approximate surface area is 293 Å². The van der Waals surface area contributed by atoms with E-state index in [4.69, 9.17) is 14.6 Å². The Balaban J connectivity index is 0.000000827. The van der Waals surface area contributed by atoms with Crippen LogP contribution in [0.1, 0.15) is 116 Å². The number of fused-ring (bicyclic) bond motifs is 4. The van der Waals surface area contributed by atoms with Crippen molar-refractivity contribution in [3.63, 3.8) is 0 Å². The zero-order valence-corrected chi connectivity index (χ0v) is 30.8. The fraction of sp³-hybridized carbons (Fsp3) is 0.525. The van der Waals surface area contributed by atoms with E-state index in [0.717, 1.165) is 71.0 Å². The number of carbonyl (C=O) groups is 1. The minimum atomic E-state index is -4.43. The smallest absolute Gasteiger partial charge is 0.303 e. The van der Waals surface area contributed by atoms with Crippen molar-refractivity contribution in [2.75, 3.05) is 11.4 Å². The average molecular weight is 694 g/mol. The Kier molecular flexibility index (Phi) is 13.3. The second-order valence-corrected chi connectivity index (χ2v) is 15.1. The number of para-hydroxylation sites is 2. The maximum atomic E-state index is 12.2. The van der Waals surface area contributed by atoms with Crippen LogP contribution in [-0.2, 0) is 25.1 Å². The maximum Gasteiger partial charge on any atom is 0.303 e. The largest absolute Gasteiger partial charge is 0.481 e. The molecule has 3 heterocycles. The standard InChI is InChI=1S/C34H41NO7S.C6H14/c1-5-11-29-25(21-26-30(41-29)17-19-35-28-12-8-9-13-31(28)42-33(26)35)23(3)34(4,18-10-6-7-14-32(36)37)27-20-24(43(38,39)40)16-15-22(27)2;1-3-5-6-4-2/h8-9,12-13,15-16,20-21,29-30H,3,5-7,10-11,14,17-19H2,1-2,4H3,(H,36,37)(H,38,39,40);3-6H2,1-2H3. The lowest BCUT2D eigenvalue weighted by Crippen LogP contribution is -2.41. The van der Waals surface area contributed by atoms with Gasteiger partial charge in [0.25, 0.3) is 10.1 Å². The predicted octanol–water partition coefficient (Wildman–Crippen LogP) is 9.69. The van der Waals surface area contributed by atoms with Crippen LogP contribution in [0.2, 0.25) is 0 Å². The van der Waals surface area contributed by atoms with E-state index in [0.29, 0.717) is 25.7 Å². The molecule has 9 heteroatoms. The van der Waals surface area contributed by atoms with Gasteiger partial charge >= 0.3 is 5.97 Å². The molecule has 0 bridgehead atoms. The molecule has 0 saturated carbocycles. The Morgan fingerprint density at radius 2 is 1.73 bits per heavy atom. The zero-order valence-electron chi connectivity index (χ0n) is 30.0. The molecule has 0 amide bonds. The van der Waals surface area contributed by atoms with Gasteiger partial charge in [0.15, 0.2) is 5.75 Å². The van der Waals surface area contributed by atoms with Crippen LogP contribution in [0, 0.1) is 6.92 Å². The molecule has 3 unspecified atom stereocenters. The average Bonchev–Trinajstić information content (AvgIpc) is 3.45. The Hall–Kier alpha value is -3.40. The van der Waals surface area contributed by atoms with Crippen LogP contribution in [-0.4, -0.2) is 42.8 Å². The number of ether oxygens (including phenoxy) is 2. The monoisotopic (exact) mass is 693 g/mol. The van der Waals surface area contributed by atoms with E-state index in [1.165, 1.54) is 31.7 Å². The molecule has 2 N–H and O–H groups in total. The van der Waals surface area contributed by atoms with Gasteiger partial charge in [-0.05, 0) is 85.2 Å². The van der Waals surface area contributed by atoms with E-state index in [1.807, 2.05) is 25.1 Å². The van der Waals surface area contributed by atoms with Crippen molar-refractivity contribution in [1.29, 1.82) is 0 Å². The van der Waals surface area contributed by atoms with E-state index < -0.39 is 21.5 Å². The number of rotatable bonds is 15. The molecule has 0 aromatic heterocycles. The first-order valence-electron chi connectivity index (χ1n) is 18.0. The van der Waals surface area contributed by atoms with Gasteiger partial charge in [-0.3, -0.25) is 9.35 Å². The molecule has 268 valence electrons. The molecule has 0 spiro atoms. The van der Waals surface area contributed by atoms with Crippen LogP contribution in [0.5, 0.6) is 5.75 Å². The number of hydrogen-bond donors (Lipinski definition) is 2. The van der Waals surface area contributed by atoms with Crippen LogP contribution in [0.3, 0.4) is 0 Å². The topological polar surface area (TPSA) is 113 Å². The highest BCUT2D eigenvalue weighted by Crippen LogP contribution is 2.49. The molecule has 0 saturated heterocycles. The molecule has 2 aromatic carbocycles. The Bertz CT molecular complexity index is 1660. The maximum absolute atomic E-state index is 12.2. The summed E-state index contributed by atoms with van der Waals surface area (Å²) in [5.74, 6) is 0.772. The minimum absolute atomic E-state index is 0.101. The van der Waals surface area contributed by atoms with Gasteiger partial charge in [0, 0.05) is 24.0 Å². The molecule has 8 nitrogen and oxygen atoms in total. The predicted molar refractivity (Wildman–Crippen MR) is 196 cm³/mol. The number of carboxylic acids is 1. The Morgan fingerprint density at radius 1 is 1.02 bits per heavy atom. The van der Waals surface area contributed by atoms with E-state index in [9.17, 15) is 17.8 Å². The second kappa shape index (κ2) is 17.0. The molecular weight excluding hydrogens is 639 g/mol. The van der Waals surface area contributed by atoms with Crippen LogP contribution in [0.4, 0.5) is 5.69 Å². The van der Waals surface area contributed by atoms with Crippen LogP contribution >= 0.6 is 0 Å². The minimum Gasteiger partial charge on any atom is -0.481 e. The first kappa shape index (κ1) is 38.4. The molecule has 3 aliphatic rings. The number of benzene rings is 2. The fourth-order valence-corrected chi connectivity index (χ4v) is 7.67. The SMILES string of the molecule is C=C(C1=CC2=C3Oc4ccccc4N3CCC2OC1CCC)C(C)(CCCCCC(=O)O)c1cc(S(=O)(=O)O)ccc1C.CCCCCC. The summed E-state index contributed by atoms with van der Waals surface area (Å²) in [6, 6.07) is 12.7. The van der Waals surface area contributed by atoms with E-state index >= 15 is 0 Å². The molecule has 5 rings (SSSR count). The summed E-state index contributed by atoms with van der Waals surface area (Å²) in [7, 11) is -4.43. The van der Waals surface area contributed by atoms with Crippen molar-refractivity contribution in [3.8, 4) is 5.75 Å². The fourth-order valence-electron chi connectivity index (χ4n) is 7.16. The van der Waals surface area contributed by atoms with Crippen LogP contribution in [0.15, 0.2) is 82.6 Å². The number of nitrogens with zero attached hydrogens (tertiary/aromatic N) is 1. The highest BCUT2D eigenvalue weighted by molar-refractivity contribution is 7.85. The summed E-state index contributed by atoms with van der Waals surface area (Å²) in [4.78, 5) is 13.1. The number of anilines is 1. The van der Waals surface area contributed by atoms with E-state index in [1.54, 1.807) is 12.1 Å². The molecule has 3 aliphatic heterocycles. The van der Waals surface area contributed by atoms with Crippen molar-refractivity contribution < 1.29 is 32.3 Å². The van der Waals surface area contributed by atoms with Gasteiger partial charge in [0.05, 0.1) is 22.8 Å². The van der Waals surface area contributed by atoms with Crippen molar-refractivity contribution in [3.05, 3.63) is 88.8 Å². The third kappa shape index (κ3) is 9.04. The third-order valence-corrected chi connectivity index (χ3v) is 10.8. The molecular formula is C40H55NO7S. The van der Waals surface area contributed by atoms with E-state index in [2.05, 4.69) is 51.3 Å². The first-order valence-corrected chi connectivity index (χ1v) is 19.4. The lowest BCUT2D eigenvalue weighted by molar-refractivity contribution is -0.137. The lowest BCUT2D eigenvalue weighted by atomic mass is 9.67. The quantitative estimate of drug-likeness (QED) is 0.140. The van der Waals surface area contributed by atoms with Crippen molar-refractivity contribution in [1.82, 2.24) is 0 Å². The number of hydrogen-bond acceptors (Lipinski definition) is 6. The molecule has 3 atom stereocenters. The van der Waals surface area contributed by atoms with Crippen LogP contribution < -0.4 is 9.64 Å². The van der Waals surface area contributed by atoms with Gasteiger partial charge in [-0.15, -0.1) is 0 Å². The normalized spacial score (nSPS) is 19.4. The van der Waals surface area contributed by atoms with Gasteiger partial charge in [0.2, 0.25) is 5.88 Å². The third-order valence-electron chi connectivity index (χ3n) is 9.99. The molecule has 49 heavy (non-hydrogen) atoms. The summed E-state index contributed by atoms with van der Waals surface area (Å²) >= 11 is 0. The van der Waals surface area contributed by atoms with Gasteiger partial charge in [-0.25, -0.2) is 0 Å². The second-order valence-electron chi connectivity index (χ2n) is 13.7. The molecule has 0 aliphatic carbocycles. The summed E-state index contributed by atoms with van der Waals surface area (Å²) in [6.45, 7) is 16.0. The highest BCUT2D eigenvalue weighted by Gasteiger charge is 2.43. The summed E-state index contributed by atoms with van der Waals surface area (Å²) < 4.78 is 47.4. The van der Waals surface area contributed by atoms with Crippen molar-refractivity contribution in [2.24, 2.45) is 0 Å². The van der Waals surface area contributed by atoms with Gasteiger partial charge in [0.1, 0.15) is 0 Å². The number of unbranched alkanes of at least 4 members (excludes halogenated alkanes) is 5. The summed E-state index contributed by atoms with van der Waals surface area (Å²) in [6.07, 6.45) is 12.6. The summed E-state index contributed by atoms with van der Waals surface area (Å²) in [5, 5.41) is 9.11. The summed E-state index contributed by atoms with van der Waals surface area (Å²) in [5.41, 5.74) is 4.70. The number of aryl methyl sites for hydroxylation is 1. The first-order chi connectivity index (χ1) is 23.3. The molecule has 0 radical (unpaired) electrons. The van der Waals surface area contributed by atoms with Crippen LogP contribution in [0.25, 0.3) is 0 Å². The Morgan fingerprint density at radius 3 is 2.39 bits per heavy atom. The van der Waals surface area contributed by atoms with Gasteiger partial charge in [-0.2, -0.15) is 8.42 Å².